The molecule has 2 atom stereocenters. The summed E-state index contributed by atoms with van der Waals surface area (Å²) >= 11 is 12.5. The van der Waals surface area contributed by atoms with Crippen molar-refractivity contribution in [3.8, 4) is 11.3 Å². The van der Waals surface area contributed by atoms with Crippen LogP contribution in [-0.4, -0.2) is 63.7 Å². The molecule has 2 amide bonds. The molecule has 3 heterocycles. The molecule has 3 N–H and O–H groups in total. The maximum Gasteiger partial charge on any atom is 0.255 e. The molecule has 2 unspecified atom stereocenters. The van der Waals surface area contributed by atoms with Crippen molar-refractivity contribution in [3.05, 3.63) is 75.4 Å². The number of amides is 2. The molecule has 0 saturated carbocycles. The predicted octanol–water partition coefficient (Wildman–Crippen LogP) is 4.24. The highest BCUT2D eigenvalue weighted by atomic mass is 35.5. The molecule has 5 rings (SSSR count). The molecule has 1 saturated heterocycles. The van der Waals surface area contributed by atoms with Crippen LogP contribution in [0.5, 0.6) is 0 Å². The van der Waals surface area contributed by atoms with Crippen LogP contribution in [0.25, 0.3) is 11.3 Å². The summed E-state index contributed by atoms with van der Waals surface area (Å²) in [6, 6.07) is 11.2. The minimum Gasteiger partial charge on any atom is -0.394 e. The molecular weight excluding hydrogens is 541 g/mol. The topological polar surface area (TPSA) is 117 Å². The normalized spacial score (nSPS) is 17.0. The Labute approximate surface area is 236 Å². The summed E-state index contributed by atoms with van der Waals surface area (Å²) in [4.78, 5) is 36.9. The van der Waals surface area contributed by atoms with Crippen molar-refractivity contribution in [1.29, 1.82) is 0 Å². The summed E-state index contributed by atoms with van der Waals surface area (Å²) in [5, 5.41) is 16.9. The van der Waals surface area contributed by atoms with Gasteiger partial charge in [-0.15, -0.1) is 0 Å². The second kappa shape index (κ2) is 11.9. The standard InChI is InChI=1S/C28H29Cl2N5O4/c1-16(26(37)33-24(15-36)17-3-2-4-20(29)11-17)35-14-19-6-5-18(12-22(19)27(35)38)25-23(30)13-31-28(34-25)32-21-7-9-39-10-8-21/h2-6,11-13,16,21,24,36H,7-10,14-15H2,1H3,(H,33,37)(H,31,32,34). The number of rotatable bonds is 8. The number of anilines is 1. The van der Waals surface area contributed by atoms with E-state index in [-0.39, 0.29) is 31.0 Å². The van der Waals surface area contributed by atoms with Gasteiger partial charge in [0.25, 0.3) is 5.91 Å². The Morgan fingerprint density at radius 2 is 2.00 bits per heavy atom. The van der Waals surface area contributed by atoms with Gasteiger partial charge in [-0.25, -0.2) is 9.97 Å². The summed E-state index contributed by atoms with van der Waals surface area (Å²) in [6.07, 6.45) is 3.29. The summed E-state index contributed by atoms with van der Waals surface area (Å²) in [5.74, 6) is -0.167. The third-order valence-electron chi connectivity index (χ3n) is 7.11. The average molecular weight is 570 g/mol. The van der Waals surface area contributed by atoms with Crippen molar-refractivity contribution < 1.29 is 19.4 Å². The largest absolute Gasteiger partial charge is 0.394 e. The molecule has 11 heteroatoms. The lowest BCUT2D eigenvalue weighted by molar-refractivity contribution is -0.126. The first-order chi connectivity index (χ1) is 18.8. The fraction of sp³-hybridized carbons (Fsp3) is 0.357. The second-order valence-electron chi connectivity index (χ2n) is 9.70. The maximum atomic E-state index is 13.4. The van der Waals surface area contributed by atoms with E-state index in [4.69, 9.17) is 27.9 Å². The molecule has 2 aliphatic heterocycles. The molecule has 2 aromatic carbocycles. The zero-order valence-corrected chi connectivity index (χ0v) is 22.9. The van der Waals surface area contributed by atoms with Gasteiger partial charge in [-0.3, -0.25) is 9.59 Å². The molecule has 1 aromatic heterocycles. The number of hydrogen-bond donors (Lipinski definition) is 3. The molecule has 2 aliphatic rings. The zero-order chi connectivity index (χ0) is 27.5. The highest BCUT2D eigenvalue weighted by Gasteiger charge is 2.35. The van der Waals surface area contributed by atoms with Gasteiger partial charge in [-0.2, -0.15) is 0 Å². The molecule has 3 aromatic rings. The molecule has 9 nitrogen and oxygen atoms in total. The predicted molar refractivity (Wildman–Crippen MR) is 149 cm³/mol. The number of fused-ring (bicyclic) bond motifs is 1. The number of nitrogens with zero attached hydrogens (tertiary/aromatic N) is 3. The van der Waals surface area contributed by atoms with Crippen LogP contribution in [0.1, 0.15) is 47.3 Å². The number of ether oxygens (including phenoxy) is 1. The number of aliphatic hydroxyl groups excluding tert-OH is 1. The van der Waals surface area contributed by atoms with Gasteiger partial charge in [0.15, 0.2) is 0 Å². The highest BCUT2D eigenvalue weighted by molar-refractivity contribution is 6.33. The quantitative estimate of drug-likeness (QED) is 0.371. The lowest BCUT2D eigenvalue weighted by atomic mass is 10.0. The van der Waals surface area contributed by atoms with Crippen molar-refractivity contribution in [2.45, 2.75) is 44.4 Å². The molecule has 0 radical (unpaired) electrons. The van der Waals surface area contributed by atoms with Gasteiger partial charge in [0.1, 0.15) is 6.04 Å². The van der Waals surface area contributed by atoms with E-state index < -0.39 is 12.1 Å². The number of carbonyl (C=O) groups is 2. The van der Waals surface area contributed by atoms with E-state index in [1.165, 1.54) is 4.90 Å². The first kappa shape index (κ1) is 27.3. The van der Waals surface area contributed by atoms with Gasteiger partial charge in [0.05, 0.1) is 29.6 Å². The number of aromatic nitrogens is 2. The monoisotopic (exact) mass is 569 g/mol. The maximum absolute atomic E-state index is 13.4. The van der Waals surface area contributed by atoms with E-state index in [2.05, 4.69) is 20.6 Å². The van der Waals surface area contributed by atoms with E-state index in [0.29, 0.717) is 51.6 Å². The Balaban J connectivity index is 1.31. The van der Waals surface area contributed by atoms with Gasteiger partial charge in [-0.1, -0.05) is 47.5 Å². The fourth-order valence-corrected chi connectivity index (χ4v) is 5.24. The number of aliphatic hydroxyl groups is 1. The number of benzene rings is 2. The van der Waals surface area contributed by atoms with Crippen LogP contribution < -0.4 is 10.6 Å². The molecular formula is C28H29Cl2N5O4. The summed E-state index contributed by atoms with van der Waals surface area (Å²) < 4.78 is 5.41. The Morgan fingerprint density at radius 1 is 1.21 bits per heavy atom. The highest BCUT2D eigenvalue weighted by Crippen LogP contribution is 2.32. The molecule has 0 bridgehead atoms. The fourth-order valence-electron chi connectivity index (χ4n) is 4.84. The van der Waals surface area contributed by atoms with Crippen LogP contribution in [-0.2, 0) is 16.1 Å². The minimum atomic E-state index is -0.764. The van der Waals surface area contributed by atoms with Gasteiger partial charge in [-0.05, 0) is 49.1 Å². The number of nitrogens with one attached hydrogen (secondary N) is 2. The van der Waals surface area contributed by atoms with Gasteiger partial charge < -0.3 is 25.4 Å². The van der Waals surface area contributed by atoms with E-state index in [1.54, 1.807) is 43.5 Å². The number of hydrogen-bond acceptors (Lipinski definition) is 7. The third kappa shape index (κ3) is 6.01. The third-order valence-corrected chi connectivity index (χ3v) is 7.62. The van der Waals surface area contributed by atoms with E-state index in [0.717, 1.165) is 18.4 Å². The zero-order valence-electron chi connectivity index (χ0n) is 21.4. The van der Waals surface area contributed by atoms with Crippen molar-refractivity contribution in [3.63, 3.8) is 0 Å². The van der Waals surface area contributed by atoms with Crippen molar-refractivity contribution in [2.24, 2.45) is 0 Å². The Bertz CT molecular complexity index is 1380. The minimum absolute atomic E-state index is 0.222. The second-order valence-corrected chi connectivity index (χ2v) is 10.5. The van der Waals surface area contributed by atoms with E-state index >= 15 is 0 Å². The number of halogens is 2. The first-order valence-corrected chi connectivity index (χ1v) is 13.6. The van der Waals surface area contributed by atoms with Crippen LogP contribution >= 0.6 is 23.2 Å². The Hall–Kier alpha value is -3.24. The first-order valence-electron chi connectivity index (χ1n) is 12.8. The van der Waals surface area contributed by atoms with Gasteiger partial charge >= 0.3 is 0 Å². The van der Waals surface area contributed by atoms with Crippen LogP contribution in [0.15, 0.2) is 48.7 Å². The lowest BCUT2D eigenvalue weighted by Crippen LogP contribution is -2.46. The van der Waals surface area contributed by atoms with E-state index in [1.807, 2.05) is 12.1 Å². The van der Waals surface area contributed by atoms with Crippen LogP contribution in [0.2, 0.25) is 10.0 Å². The van der Waals surface area contributed by atoms with Crippen molar-refractivity contribution in [2.75, 3.05) is 25.1 Å². The summed E-state index contributed by atoms with van der Waals surface area (Å²) in [6.45, 7) is 3.04. The van der Waals surface area contributed by atoms with Crippen LogP contribution in [0.4, 0.5) is 5.95 Å². The molecule has 0 spiro atoms. The Kier molecular flexibility index (Phi) is 8.32. The van der Waals surface area contributed by atoms with Crippen molar-refractivity contribution in [1.82, 2.24) is 20.2 Å². The van der Waals surface area contributed by atoms with Crippen LogP contribution in [0.3, 0.4) is 0 Å². The molecule has 204 valence electrons. The lowest BCUT2D eigenvalue weighted by Gasteiger charge is -2.26. The Morgan fingerprint density at radius 3 is 2.74 bits per heavy atom. The smallest absolute Gasteiger partial charge is 0.255 e. The average Bonchev–Trinajstić information content (AvgIpc) is 3.28. The van der Waals surface area contributed by atoms with Crippen molar-refractivity contribution >= 4 is 41.0 Å². The summed E-state index contributed by atoms with van der Waals surface area (Å²) in [5.41, 5.74) is 3.19. The van der Waals surface area contributed by atoms with Gasteiger partial charge in [0.2, 0.25) is 11.9 Å². The number of carbonyl (C=O) groups excluding carboxylic acids is 2. The van der Waals surface area contributed by atoms with E-state index in [9.17, 15) is 14.7 Å². The SMILES string of the molecule is CC(C(=O)NC(CO)c1cccc(Cl)c1)N1Cc2ccc(-c3nc(NC4CCOCC4)ncc3Cl)cc2C1=O. The summed E-state index contributed by atoms with van der Waals surface area (Å²) in [7, 11) is 0. The molecule has 0 aliphatic carbocycles. The van der Waals surface area contributed by atoms with Gasteiger partial charge in [0, 0.05) is 41.9 Å². The molecule has 1 fully saturated rings. The molecule has 39 heavy (non-hydrogen) atoms. The van der Waals surface area contributed by atoms with Crippen LogP contribution in [0, 0.1) is 0 Å².